The minimum absolute atomic E-state index is 0. The maximum atomic E-state index is 0. The minimum Gasteiger partial charge on any atom is -1.00 e. The average Bonchev–Trinajstić information content (AvgIpc) is 0. The fourth-order valence-corrected chi connectivity index (χ4v) is 0. The monoisotopic (exact) mass is 219 g/mol. The second-order valence-corrected chi connectivity index (χ2v) is 0. The summed E-state index contributed by atoms with van der Waals surface area (Å²) in [5.74, 6) is 0. The summed E-state index contributed by atoms with van der Waals surface area (Å²) in [4.78, 5) is 0. The van der Waals surface area contributed by atoms with Crippen molar-refractivity contribution in [1.29, 1.82) is 0 Å². The third kappa shape index (κ3) is 18.7. The Morgan fingerprint density at radius 2 is 1.20 bits per heavy atom. The SMILES string of the molecule is [Ca+2].[Fe].[H-].[H-].[H-].[H-].[Mg+2].[SiH3].[Zn]. The molecule has 0 spiro atoms. The molecule has 0 aliphatic heterocycles. The summed E-state index contributed by atoms with van der Waals surface area (Å²) in [6.07, 6.45) is 0. The van der Waals surface area contributed by atoms with Crippen molar-refractivity contribution < 1.29 is 42.3 Å². The van der Waals surface area contributed by atoms with Gasteiger partial charge in [0, 0.05) is 36.5 Å². The summed E-state index contributed by atoms with van der Waals surface area (Å²) in [7, 11) is 0. The summed E-state index contributed by atoms with van der Waals surface area (Å²) in [6.45, 7) is 0. The molecule has 0 heterocycles. The van der Waals surface area contributed by atoms with Crippen molar-refractivity contribution in [2.75, 3.05) is 0 Å². The zero-order valence-corrected chi connectivity index (χ0v) is 13.2. The Balaban J connectivity index is 0. The Bertz CT molecular complexity index is 20.5. The molecule has 0 aromatic carbocycles. The van der Waals surface area contributed by atoms with Gasteiger partial charge in [-0.25, -0.2) is 0 Å². The minimum atomic E-state index is 0. The van der Waals surface area contributed by atoms with Crippen LogP contribution >= 0.6 is 0 Å². The predicted octanol–water partition coefficient (Wildman–Crippen LogP) is -1.50. The molecule has 0 aromatic rings. The van der Waals surface area contributed by atoms with Gasteiger partial charge in [0.2, 0.25) is 0 Å². The molecule has 5 heteroatoms. The molecule has 0 amide bonds. The molecule has 0 aromatic heterocycles. The Morgan fingerprint density at radius 3 is 1.20 bits per heavy atom. The molecular formula is H7CaFeMgSiZn. The van der Waals surface area contributed by atoms with Crippen molar-refractivity contribution in [2.24, 2.45) is 0 Å². The van der Waals surface area contributed by atoms with E-state index in [4.69, 9.17) is 0 Å². The molecule has 0 atom stereocenters. The standard InChI is InChI=1S/Ca.Fe.Mg.H3Si.Zn.4H/h;;;1H3;;;;;/q+2;;+2;;;4*-1. The third-order valence-electron chi connectivity index (χ3n) is 0. The summed E-state index contributed by atoms with van der Waals surface area (Å²) in [5.41, 5.74) is 0. The van der Waals surface area contributed by atoms with Gasteiger partial charge in [-0.2, -0.15) is 0 Å². The molecule has 0 aliphatic carbocycles. The van der Waals surface area contributed by atoms with Crippen molar-refractivity contribution in [3.05, 3.63) is 0 Å². The van der Waals surface area contributed by atoms with Crippen molar-refractivity contribution in [3.63, 3.8) is 0 Å². The normalized spacial score (nSPS) is 0. The quantitative estimate of drug-likeness (QED) is 0.436. The maximum Gasteiger partial charge on any atom is 2.00 e. The largest absolute Gasteiger partial charge is 2.00 e. The van der Waals surface area contributed by atoms with Crippen molar-refractivity contribution in [2.45, 2.75) is 0 Å². The zero-order chi connectivity index (χ0) is 0. The molecule has 0 rings (SSSR count). The van der Waals surface area contributed by atoms with Crippen LogP contribution in [0.15, 0.2) is 0 Å². The van der Waals surface area contributed by atoms with Crippen LogP contribution in [-0.2, 0) is 36.5 Å². The molecule has 0 saturated heterocycles. The van der Waals surface area contributed by atoms with Gasteiger partial charge in [-0.15, -0.1) is 0 Å². The number of rotatable bonds is 0. The molecule has 25 valence electrons. The van der Waals surface area contributed by atoms with Gasteiger partial charge >= 0.3 is 60.8 Å². The summed E-state index contributed by atoms with van der Waals surface area (Å²) >= 11 is 0. The second-order valence-electron chi connectivity index (χ2n) is 0. The van der Waals surface area contributed by atoms with Gasteiger partial charge in [0.25, 0.3) is 0 Å². The van der Waals surface area contributed by atoms with Crippen LogP contribution < -0.4 is 0 Å². The van der Waals surface area contributed by atoms with E-state index in [1.807, 2.05) is 0 Å². The molecule has 1 radical (unpaired) electrons. The first-order chi connectivity index (χ1) is 0. The van der Waals surface area contributed by atoms with Gasteiger partial charge in [-0.05, 0) is 11.0 Å². The Labute approximate surface area is 112 Å². The summed E-state index contributed by atoms with van der Waals surface area (Å²) in [6, 6.07) is 0. The second kappa shape index (κ2) is 26.3. The molecule has 0 fully saturated rings. The van der Waals surface area contributed by atoms with Gasteiger partial charge in [0.15, 0.2) is 0 Å². The smallest absolute Gasteiger partial charge is 1.00 e. The Hall–Kier alpha value is 3.39. The van der Waals surface area contributed by atoms with E-state index in [9.17, 15) is 0 Å². The zero-order valence-electron chi connectivity index (χ0n) is 7.47. The summed E-state index contributed by atoms with van der Waals surface area (Å²) < 4.78 is 0. The first-order valence-electron chi connectivity index (χ1n) is 0. The van der Waals surface area contributed by atoms with E-state index < -0.39 is 0 Å². The van der Waals surface area contributed by atoms with Crippen molar-refractivity contribution in [1.82, 2.24) is 0 Å². The van der Waals surface area contributed by atoms with Crippen LogP contribution in [0.3, 0.4) is 0 Å². The van der Waals surface area contributed by atoms with Gasteiger partial charge in [-0.3, -0.25) is 0 Å². The van der Waals surface area contributed by atoms with E-state index in [0.717, 1.165) is 0 Å². The van der Waals surface area contributed by atoms with Crippen LogP contribution in [0.5, 0.6) is 0 Å². The molecule has 5 heavy (non-hydrogen) atoms. The fourth-order valence-electron chi connectivity index (χ4n) is 0. The molecule has 0 aliphatic rings. The topological polar surface area (TPSA) is 0 Å². The predicted molar refractivity (Wildman–Crippen MR) is 25.9 cm³/mol. The van der Waals surface area contributed by atoms with E-state index in [-0.39, 0.29) is 114 Å². The van der Waals surface area contributed by atoms with Crippen LogP contribution in [0.2, 0.25) is 0 Å². The Kier molecular flexibility index (Phi) is 210. The van der Waals surface area contributed by atoms with Crippen molar-refractivity contribution >= 4 is 71.8 Å². The molecule has 0 nitrogen and oxygen atoms in total. The van der Waals surface area contributed by atoms with E-state index in [0.29, 0.717) is 0 Å². The molecular weight excluding hydrogens is 214 g/mol. The van der Waals surface area contributed by atoms with Crippen LogP contribution in [0.1, 0.15) is 5.71 Å². The fraction of sp³-hybridized carbons (Fsp3) is 0. The van der Waals surface area contributed by atoms with E-state index >= 15 is 0 Å². The maximum absolute atomic E-state index is 0. The first kappa shape index (κ1) is 39.9. The number of hydrogen-bond acceptors (Lipinski definition) is 0. The van der Waals surface area contributed by atoms with E-state index in [2.05, 4.69) is 0 Å². The molecule has 0 N–H and O–H groups in total. The molecule has 0 saturated carbocycles. The van der Waals surface area contributed by atoms with Crippen LogP contribution in [0.4, 0.5) is 0 Å². The molecule has 0 unspecified atom stereocenters. The van der Waals surface area contributed by atoms with Crippen LogP contribution in [-0.4, -0.2) is 71.8 Å². The first-order valence-corrected chi connectivity index (χ1v) is 0. The van der Waals surface area contributed by atoms with Gasteiger partial charge in [0.05, 0.1) is 0 Å². The van der Waals surface area contributed by atoms with Gasteiger partial charge in [0.1, 0.15) is 0 Å². The summed E-state index contributed by atoms with van der Waals surface area (Å²) in [5, 5.41) is 0. The van der Waals surface area contributed by atoms with Crippen molar-refractivity contribution in [3.8, 4) is 0 Å². The number of hydrogen-bond donors (Lipinski definition) is 0. The third-order valence-corrected chi connectivity index (χ3v) is 0. The van der Waals surface area contributed by atoms with Gasteiger partial charge < -0.3 is 5.71 Å². The van der Waals surface area contributed by atoms with Crippen LogP contribution in [0.25, 0.3) is 0 Å². The van der Waals surface area contributed by atoms with E-state index in [1.54, 1.807) is 0 Å². The molecule has 0 bridgehead atoms. The average molecular weight is 221 g/mol. The van der Waals surface area contributed by atoms with Gasteiger partial charge in [-0.1, -0.05) is 0 Å². The Morgan fingerprint density at radius 1 is 1.20 bits per heavy atom. The van der Waals surface area contributed by atoms with Crippen LogP contribution in [0, 0.1) is 0 Å². The van der Waals surface area contributed by atoms with E-state index in [1.165, 1.54) is 0 Å².